The van der Waals surface area contributed by atoms with Gasteiger partial charge in [-0.15, -0.1) is 0 Å². The zero-order chi connectivity index (χ0) is 21.8. The first kappa shape index (κ1) is 21.7. The molecule has 0 unspecified atom stereocenters. The van der Waals surface area contributed by atoms with Crippen LogP contribution in [0.15, 0.2) is 72.8 Å². The van der Waals surface area contributed by atoms with Crippen molar-refractivity contribution < 1.29 is 4.79 Å². The number of piperazine rings is 1. The molecule has 1 fully saturated rings. The molecule has 0 bridgehead atoms. The molecule has 0 aliphatic carbocycles. The van der Waals surface area contributed by atoms with E-state index in [0.717, 1.165) is 48.0 Å². The molecule has 1 N–H and O–H groups in total. The van der Waals surface area contributed by atoms with E-state index >= 15 is 0 Å². The Labute approximate surface area is 193 Å². The van der Waals surface area contributed by atoms with Crippen molar-refractivity contribution in [2.24, 2.45) is 0 Å². The highest BCUT2D eigenvalue weighted by atomic mass is 35.5. The minimum absolute atomic E-state index is 0.0534. The lowest BCUT2D eigenvalue weighted by Crippen LogP contribution is -2.50. The summed E-state index contributed by atoms with van der Waals surface area (Å²) in [6.45, 7) is 5.14. The molecule has 6 heteroatoms. The molecule has 1 saturated heterocycles. The van der Waals surface area contributed by atoms with Gasteiger partial charge in [0.05, 0.1) is 0 Å². The number of anilines is 2. The van der Waals surface area contributed by atoms with Gasteiger partial charge in [-0.05, 0) is 48.4 Å². The van der Waals surface area contributed by atoms with E-state index in [0.29, 0.717) is 10.7 Å². The number of carbonyl (C=O) groups excluding carboxylic acids is 1. The van der Waals surface area contributed by atoms with E-state index in [9.17, 15) is 4.79 Å². The Morgan fingerprint density at radius 1 is 0.903 bits per heavy atom. The molecule has 0 aromatic heterocycles. The molecule has 1 amide bonds. The maximum atomic E-state index is 13.4. The van der Waals surface area contributed by atoms with Crippen LogP contribution in [0.5, 0.6) is 0 Å². The maximum absolute atomic E-state index is 13.4. The van der Waals surface area contributed by atoms with E-state index < -0.39 is 0 Å². The molecular formula is C25H25Cl2N3O. The first-order chi connectivity index (χ1) is 15.0. The number of nitrogens with zero attached hydrogens (tertiary/aromatic N) is 2. The molecule has 0 radical (unpaired) electrons. The van der Waals surface area contributed by atoms with Gasteiger partial charge in [0, 0.05) is 47.6 Å². The van der Waals surface area contributed by atoms with Gasteiger partial charge in [-0.1, -0.05) is 65.7 Å². The third-order valence-corrected chi connectivity index (χ3v) is 6.30. The Hall–Kier alpha value is -2.53. The summed E-state index contributed by atoms with van der Waals surface area (Å²) in [4.78, 5) is 17.9. The average Bonchev–Trinajstić information content (AvgIpc) is 2.78. The summed E-state index contributed by atoms with van der Waals surface area (Å²) < 4.78 is 0. The molecule has 1 aliphatic heterocycles. The standard InChI is InChI=1S/C25H25Cl2N3O/c1-18-10-11-21(17-23(18)27)28-25(31)24(19-6-3-2-4-7-19)30-14-12-29(13-15-30)22-9-5-8-20(26)16-22/h2-11,16-17,24H,12-15H2,1H3,(H,28,31)/t24-/m0/s1. The van der Waals surface area contributed by atoms with Gasteiger partial charge in [-0.2, -0.15) is 0 Å². The van der Waals surface area contributed by atoms with E-state index in [1.807, 2.05) is 67.6 Å². The van der Waals surface area contributed by atoms with Crippen LogP contribution in [0.3, 0.4) is 0 Å². The van der Waals surface area contributed by atoms with Gasteiger partial charge in [-0.3, -0.25) is 9.69 Å². The quantitative estimate of drug-likeness (QED) is 0.529. The fraction of sp³-hybridized carbons (Fsp3) is 0.240. The monoisotopic (exact) mass is 453 g/mol. The van der Waals surface area contributed by atoms with Gasteiger partial charge in [-0.25, -0.2) is 0 Å². The van der Waals surface area contributed by atoms with Gasteiger partial charge in [0.25, 0.3) is 0 Å². The van der Waals surface area contributed by atoms with Crippen LogP contribution in [-0.2, 0) is 4.79 Å². The predicted molar refractivity (Wildman–Crippen MR) is 129 cm³/mol. The van der Waals surface area contributed by atoms with Crippen molar-refractivity contribution in [3.05, 3.63) is 94.0 Å². The molecule has 1 heterocycles. The van der Waals surface area contributed by atoms with Gasteiger partial charge < -0.3 is 10.2 Å². The van der Waals surface area contributed by atoms with Crippen molar-refractivity contribution in [3.63, 3.8) is 0 Å². The lowest BCUT2D eigenvalue weighted by atomic mass is 10.0. The van der Waals surface area contributed by atoms with E-state index in [4.69, 9.17) is 23.2 Å². The molecule has 4 nitrogen and oxygen atoms in total. The van der Waals surface area contributed by atoms with Gasteiger partial charge >= 0.3 is 0 Å². The van der Waals surface area contributed by atoms with Crippen LogP contribution < -0.4 is 10.2 Å². The third-order valence-electron chi connectivity index (χ3n) is 5.66. The highest BCUT2D eigenvalue weighted by Gasteiger charge is 2.30. The van der Waals surface area contributed by atoms with Crippen LogP contribution in [0.2, 0.25) is 10.0 Å². The fourth-order valence-corrected chi connectivity index (χ4v) is 4.32. The van der Waals surface area contributed by atoms with Crippen LogP contribution in [-0.4, -0.2) is 37.0 Å². The van der Waals surface area contributed by atoms with Crippen molar-refractivity contribution in [3.8, 4) is 0 Å². The van der Waals surface area contributed by atoms with Crippen LogP contribution in [0, 0.1) is 6.92 Å². The highest BCUT2D eigenvalue weighted by Crippen LogP contribution is 2.28. The van der Waals surface area contributed by atoms with Crippen LogP contribution in [0.1, 0.15) is 17.2 Å². The zero-order valence-electron chi connectivity index (χ0n) is 17.4. The Morgan fingerprint density at radius 2 is 1.65 bits per heavy atom. The van der Waals surface area contributed by atoms with Gasteiger partial charge in [0.15, 0.2) is 0 Å². The van der Waals surface area contributed by atoms with Crippen LogP contribution >= 0.6 is 23.2 Å². The average molecular weight is 454 g/mol. The maximum Gasteiger partial charge on any atom is 0.246 e. The van der Waals surface area contributed by atoms with Crippen molar-refractivity contribution in [1.82, 2.24) is 4.90 Å². The number of halogens is 2. The fourth-order valence-electron chi connectivity index (χ4n) is 3.96. The van der Waals surface area contributed by atoms with Crippen molar-refractivity contribution in [2.75, 3.05) is 36.4 Å². The number of carbonyl (C=O) groups is 1. The Bertz CT molecular complexity index is 1050. The zero-order valence-corrected chi connectivity index (χ0v) is 18.9. The summed E-state index contributed by atoms with van der Waals surface area (Å²) in [5.74, 6) is -0.0534. The second-order valence-corrected chi connectivity index (χ2v) is 8.61. The number of aryl methyl sites for hydroxylation is 1. The molecule has 3 aromatic rings. The second kappa shape index (κ2) is 9.73. The minimum atomic E-state index is -0.372. The Morgan fingerprint density at radius 3 is 2.32 bits per heavy atom. The minimum Gasteiger partial charge on any atom is -0.369 e. The van der Waals surface area contributed by atoms with Crippen molar-refractivity contribution >= 4 is 40.5 Å². The molecule has 0 saturated carbocycles. The number of nitrogens with one attached hydrogen (secondary N) is 1. The van der Waals surface area contributed by atoms with Crippen LogP contribution in [0.25, 0.3) is 0 Å². The number of amides is 1. The Balaban J connectivity index is 1.52. The largest absolute Gasteiger partial charge is 0.369 e. The summed E-state index contributed by atoms with van der Waals surface area (Å²) in [5, 5.41) is 4.44. The molecule has 1 aliphatic rings. The summed E-state index contributed by atoms with van der Waals surface area (Å²) in [6.07, 6.45) is 0. The summed E-state index contributed by atoms with van der Waals surface area (Å²) in [7, 11) is 0. The number of hydrogen-bond acceptors (Lipinski definition) is 3. The lowest BCUT2D eigenvalue weighted by molar-refractivity contribution is -0.121. The topological polar surface area (TPSA) is 35.6 Å². The number of benzene rings is 3. The second-order valence-electron chi connectivity index (χ2n) is 7.77. The van der Waals surface area contributed by atoms with E-state index in [2.05, 4.69) is 21.2 Å². The highest BCUT2D eigenvalue weighted by molar-refractivity contribution is 6.31. The lowest BCUT2D eigenvalue weighted by Gasteiger charge is -2.39. The van der Waals surface area contributed by atoms with Crippen molar-refractivity contribution in [2.45, 2.75) is 13.0 Å². The Kier molecular flexibility index (Phi) is 6.81. The molecular weight excluding hydrogens is 429 g/mol. The van der Waals surface area contributed by atoms with Gasteiger partial charge in [0.1, 0.15) is 6.04 Å². The van der Waals surface area contributed by atoms with E-state index in [1.165, 1.54) is 0 Å². The van der Waals surface area contributed by atoms with E-state index in [1.54, 1.807) is 6.07 Å². The molecule has 3 aromatic carbocycles. The van der Waals surface area contributed by atoms with E-state index in [-0.39, 0.29) is 11.9 Å². The third kappa shape index (κ3) is 5.21. The number of hydrogen-bond donors (Lipinski definition) is 1. The summed E-state index contributed by atoms with van der Waals surface area (Å²) >= 11 is 12.4. The SMILES string of the molecule is Cc1ccc(NC(=O)[C@H](c2ccccc2)N2CCN(c3cccc(Cl)c3)CC2)cc1Cl. The van der Waals surface area contributed by atoms with Crippen LogP contribution in [0.4, 0.5) is 11.4 Å². The smallest absolute Gasteiger partial charge is 0.246 e. The summed E-state index contributed by atoms with van der Waals surface area (Å²) in [6, 6.07) is 23.1. The molecule has 160 valence electrons. The first-order valence-corrected chi connectivity index (χ1v) is 11.1. The molecule has 4 rings (SSSR count). The first-order valence-electron chi connectivity index (χ1n) is 10.4. The number of rotatable bonds is 5. The van der Waals surface area contributed by atoms with Gasteiger partial charge in [0.2, 0.25) is 5.91 Å². The molecule has 1 atom stereocenters. The predicted octanol–water partition coefficient (Wildman–Crippen LogP) is 5.80. The normalized spacial score (nSPS) is 15.5. The van der Waals surface area contributed by atoms with Crippen molar-refractivity contribution in [1.29, 1.82) is 0 Å². The molecule has 31 heavy (non-hydrogen) atoms. The summed E-state index contributed by atoms with van der Waals surface area (Å²) in [5.41, 5.74) is 3.78. The molecule has 0 spiro atoms.